The minimum absolute atomic E-state index is 0.0238. The average Bonchev–Trinajstić information content (AvgIpc) is 2.89. The van der Waals surface area contributed by atoms with Crippen molar-refractivity contribution >= 4 is 44.2 Å². The molecule has 0 spiro atoms. The molecule has 1 aliphatic rings. The Kier molecular flexibility index (Phi) is 5.71. The third-order valence-corrected chi connectivity index (χ3v) is 6.27. The summed E-state index contributed by atoms with van der Waals surface area (Å²) >= 11 is 6.46. The van der Waals surface area contributed by atoms with E-state index in [1.807, 2.05) is 6.92 Å². The molecule has 134 valence electrons. The second-order valence-electron chi connectivity index (χ2n) is 4.99. The molecular weight excluding hydrogens is 392 g/mol. The first-order valence-electron chi connectivity index (χ1n) is 6.77. The zero-order valence-electron chi connectivity index (χ0n) is 12.3. The molecule has 1 aromatic carbocycles. The number of sulfonamides is 1. The van der Waals surface area contributed by atoms with Gasteiger partial charge in [-0.3, -0.25) is 0 Å². The standard InChI is InChI=1S/C13H13ClF4N2O2S2/c1-2-9-6-20(12(23-9)19-24(21,22)7-14)8-3-4-11(15)10(5-8)13(16,17)18/h3-5,9H,2,6-7H2,1H3. The van der Waals surface area contributed by atoms with Crippen LogP contribution in [-0.4, -0.2) is 30.6 Å². The molecule has 0 N–H and O–H groups in total. The molecule has 0 amide bonds. The molecule has 0 bridgehead atoms. The molecule has 1 saturated heterocycles. The summed E-state index contributed by atoms with van der Waals surface area (Å²) in [4.78, 5) is 1.33. The Bertz CT molecular complexity index is 753. The average molecular weight is 405 g/mol. The number of rotatable bonds is 4. The predicted octanol–water partition coefficient (Wildman–Crippen LogP) is 4.06. The van der Waals surface area contributed by atoms with Crippen molar-refractivity contribution in [2.75, 3.05) is 16.7 Å². The van der Waals surface area contributed by atoms with Gasteiger partial charge in [-0.1, -0.05) is 18.7 Å². The summed E-state index contributed by atoms with van der Waals surface area (Å²) in [6.45, 7) is 2.13. The largest absolute Gasteiger partial charge is 0.419 e. The van der Waals surface area contributed by atoms with Gasteiger partial charge in [-0.25, -0.2) is 12.8 Å². The van der Waals surface area contributed by atoms with E-state index in [0.717, 1.165) is 17.8 Å². The van der Waals surface area contributed by atoms with E-state index in [1.165, 1.54) is 4.90 Å². The quantitative estimate of drug-likeness (QED) is 0.561. The molecule has 24 heavy (non-hydrogen) atoms. The Morgan fingerprint density at radius 1 is 1.42 bits per heavy atom. The number of halogens is 5. The maximum absolute atomic E-state index is 13.4. The highest BCUT2D eigenvalue weighted by molar-refractivity contribution is 8.15. The van der Waals surface area contributed by atoms with Gasteiger partial charge in [-0.2, -0.15) is 13.2 Å². The van der Waals surface area contributed by atoms with Crippen molar-refractivity contribution in [3.63, 3.8) is 0 Å². The van der Waals surface area contributed by atoms with Crippen molar-refractivity contribution in [3.8, 4) is 0 Å². The van der Waals surface area contributed by atoms with Crippen LogP contribution in [0, 0.1) is 5.82 Å². The molecule has 0 aliphatic carbocycles. The van der Waals surface area contributed by atoms with Gasteiger partial charge in [-0.15, -0.1) is 16.0 Å². The summed E-state index contributed by atoms with van der Waals surface area (Å²) in [7, 11) is -3.93. The lowest BCUT2D eigenvalue weighted by atomic mass is 10.1. The second-order valence-corrected chi connectivity index (χ2v) is 8.47. The number of benzene rings is 1. The highest BCUT2D eigenvalue weighted by Crippen LogP contribution is 2.37. The van der Waals surface area contributed by atoms with Crippen LogP contribution in [0.15, 0.2) is 22.6 Å². The Morgan fingerprint density at radius 2 is 2.08 bits per heavy atom. The molecule has 1 heterocycles. The molecule has 1 aliphatic heterocycles. The number of hydrogen-bond acceptors (Lipinski definition) is 3. The molecule has 1 unspecified atom stereocenters. The fourth-order valence-electron chi connectivity index (χ4n) is 2.07. The van der Waals surface area contributed by atoms with E-state index >= 15 is 0 Å². The Morgan fingerprint density at radius 3 is 2.62 bits per heavy atom. The fourth-order valence-corrected chi connectivity index (χ4v) is 4.11. The first-order chi connectivity index (χ1) is 11.1. The highest BCUT2D eigenvalue weighted by Gasteiger charge is 2.36. The maximum Gasteiger partial charge on any atom is 0.419 e. The van der Waals surface area contributed by atoms with Crippen LogP contribution < -0.4 is 4.90 Å². The highest BCUT2D eigenvalue weighted by atomic mass is 35.5. The Balaban J connectivity index is 2.49. The summed E-state index contributed by atoms with van der Waals surface area (Å²) in [6.07, 6.45) is -4.19. The molecule has 0 radical (unpaired) electrons. The van der Waals surface area contributed by atoms with Crippen LogP contribution in [0.5, 0.6) is 0 Å². The van der Waals surface area contributed by atoms with Crippen molar-refractivity contribution < 1.29 is 26.0 Å². The van der Waals surface area contributed by atoms with Gasteiger partial charge in [0.25, 0.3) is 10.0 Å². The molecule has 0 saturated carbocycles. The smallest absolute Gasteiger partial charge is 0.319 e. The summed E-state index contributed by atoms with van der Waals surface area (Å²) < 4.78 is 78.8. The molecular formula is C13H13ClF4N2O2S2. The summed E-state index contributed by atoms with van der Waals surface area (Å²) in [5.74, 6) is -1.39. The van der Waals surface area contributed by atoms with Crippen LogP contribution in [0.2, 0.25) is 0 Å². The SMILES string of the molecule is CCC1CN(c2ccc(F)c(C(F)(F)F)c2)C(=NS(=O)(=O)CCl)S1. The lowest BCUT2D eigenvalue weighted by molar-refractivity contribution is -0.139. The summed E-state index contributed by atoms with van der Waals surface area (Å²) in [5, 5.41) is -0.755. The monoisotopic (exact) mass is 404 g/mol. The van der Waals surface area contributed by atoms with Gasteiger partial charge in [0.1, 0.15) is 11.0 Å². The topological polar surface area (TPSA) is 49.7 Å². The molecule has 4 nitrogen and oxygen atoms in total. The summed E-state index contributed by atoms with van der Waals surface area (Å²) in [5.41, 5.74) is -1.39. The normalized spacial score (nSPS) is 20.8. The van der Waals surface area contributed by atoms with E-state index in [1.54, 1.807) is 0 Å². The van der Waals surface area contributed by atoms with Crippen LogP contribution in [0.1, 0.15) is 18.9 Å². The molecule has 11 heteroatoms. The molecule has 2 rings (SSSR count). The lowest BCUT2D eigenvalue weighted by Gasteiger charge is -2.20. The number of hydrogen-bond donors (Lipinski definition) is 0. The van der Waals surface area contributed by atoms with Gasteiger partial charge in [0.05, 0.1) is 5.56 Å². The number of anilines is 1. The Labute approximate surface area is 145 Å². The van der Waals surface area contributed by atoms with Gasteiger partial charge < -0.3 is 4.90 Å². The van der Waals surface area contributed by atoms with Gasteiger partial charge in [0, 0.05) is 17.5 Å². The zero-order valence-corrected chi connectivity index (χ0v) is 14.7. The number of amidine groups is 1. The molecule has 1 atom stereocenters. The zero-order chi connectivity index (χ0) is 18.1. The van der Waals surface area contributed by atoms with Crippen LogP contribution >= 0.6 is 23.4 Å². The number of thioether (sulfide) groups is 1. The van der Waals surface area contributed by atoms with Gasteiger partial charge in [0.2, 0.25) is 0 Å². The minimum Gasteiger partial charge on any atom is -0.319 e. The first kappa shape index (κ1) is 19.3. The molecule has 1 aromatic rings. The second kappa shape index (κ2) is 7.09. The van der Waals surface area contributed by atoms with E-state index in [0.29, 0.717) is 18.6 Å². The van der Waals surface area contributed by atoms with Crippen molar-refractivity contribution in [1.82, 2.24) is 0 Å². The van der Waals surface area contributed by atoms with Crippen LogP contribution in [-0.2, 0) is 16.2 Å². The van der Waals surface area contributed by atoms with Crippen molar-refractivity contribution in [2.24, 2.45) is 4.40 Å². The van der Waals surface area contributed by atoms with Gasteiger partial charge in [-0.05, 0) is 24.6 Å². The minimum atomic E-state index is -4.85. The van der Waals surface area contributed by atoms with E-state index in [-0.39, 0.29) is 22.6 Å². The predicted molar refractivity (Wildman–Crippen MR) is 87.5 cm³/mol. The summed E-state index contributed by atoms with van der Waals surface area (Å²) in [6, 6.07) is 2.51. The van der Waals surface area contributed by atoms with Crippen LogP contribution in [0.4, 0.5) is 23.2 Å². The van der Waals surface area contributed by atoms with Crippen LogP contribution in [0.3, 0.4) is 0 Å². The third kappa shape index (κ3) is 4.34. The van der Waals surface area contributed by atoms with Crippen LogP contribution in [0.25, 0.3) is 0 Å². The Hall–Kier alpha value is -1.00. The molecule has 1 fully saturated rings. The molecule has 0 aromatic heterocycles. The number of nitrogens with zero attached hydrogens (tertiary/aromatic N) is 2. The maximum atomic E-state index is 13.4. The van der Waals surface area contributed by atoms with E-state index < -0.39 is 32.8 Å². The third-order valence-electron chi connectivity index (χ3n) is 3.27. The van der Waals surface area contributed by atoms with E-state index in [4.69, 9.17) is 11.6 Å². The lowest BCUT2D eigenvalue weighted by Crippen LogP contribution is -2.26. The van der Waals surface area contributed by atoms with Crippen molar-refractivity contribution in [3.05, 3.63) is 29.6 Å². The van der Waals surface area contributed by atoms with Crippen molar-refractivity contribution in [2.45, 2.75) is 24.8 Å². The van der Waals surface area contributed by atoms with Gasteiger partial charge in [0.15, 0.2) is 5.17 Å². The van der Waals surface area contributed by atoms with E-state index in [9.17, 15) is 26.0 Å². The van der Waals surface area contributed by atoms with Gasteiger partial charge >= 0.3 is 6.18 Å². The van der Waals surface area contributed by atoms with Crippen molar-refractivity contribution in [1.29, 1.82) is 0 Å². The fraction of sp³-hybridized carbons (Fsp3) is 0.462. The first-order valence-corrected chi connectivity index (χ1v) is 9.79. The van der Waals surface area contributed by atoms with E-state index in [2.05, 4.69) is 4.40 Å². The number of alkyl halides is 4.